The molecule has 0 saturated carbocycles. The predicted octanol–water partition coefficient (Wildman–Crippen LogP) is 2.58. The van der Waals surface area contributed by atoms with E-state index in [0.717, 1.165) is 24.8 Å². The molecule has 2 aromatic carbocycles. The van der Waals surface area contributed by atoms with Crippen LogP contribution in [0.25, 0.3) is 0 Å². The minimum absolute atomic E-state index is 0.0231. The van der Waals surface area contributed by atoms with E-state index < -0.39 is 15.9 Å². The number of aryl methyl sites for hydroxylation is 2. The van der Waals surface area contributed by atoms with E-state index in [0.29, 0.717) is 5.75 Å². The summed E-state index contributed by atoms with van der Waals surface area (Å²) in [5.41, 5.74) is 3.75. The molecule has 3 rings (SSSR count). The Morgan fingerprint density at radius 2 is 1.85 bits per heavy atom. The summed E-state index contributed by atoms with van der Waals surface area (Å²) in [6, 6.07) is 10.0. The average molecular weight is 388 g/mol. The molecule has 0 bridgehead atoms. The molecule has 0 aliphatic heterocycles. The number of amides is 1. The quantitative estimate of drug-likeness (QED) is 0.797. The highest BCUT2D eigenvalue weighted by molar-refractivity contribution is 7.89. The largest absolute Gasteiger partial charge is 0.496 e. The van der Waals surface area contributed by atoms with Crippen LogP contribution in [0.3, 0.4) is 0 Å². The molecule has 0 unspecified atom stereocenters. The maximum Gasteiger partial charge on any atom is 0.254 e. The summed E-state index contributed by atoms with van der Waals surface area (Å²) in [7, 11) is -0.879. The first kappa shape index (κ1) is 19.4. The Labute approximate surface area is 160 Å². The van der Waals surface area contributed by atoms with Crippen molar-refractivity contribution in [3.63, 3.8) is 0 Å². The van der Waals surface area contributed by atoms with Crippen molar-refractivity contribution in [3.8, 4) is 5.75 Å². The summed E-state index contributed by atoms with van der Waals surface area (Å²) in [6.07, 6.45) is 3.27. The molecule has 7 heteroatoms. The summed E-state index contributed by atoms with van der Waals surface area (Å²) in [6.45, 7) is 1.82. The highest BCUT2D eigenvalue weighted by Gasteiger charge is 2.22. The van der Waals surface area contributed by atoms with Crippen LogP contribution in [0.5, 0.6) is 5.75 Å². The Balaban J connectivity index is 1.87. The molecule has 1 aliphatic carbocycles. The molecule has 1 aliphatic rings. The number of benzene rings is 2. The van der Waals surface area contributed by atoms with Crippen LogP contribution in [0.15, 0.2) is 41.3 Å². The SMILES string of the molecule is CNC(=O)c1cc(S(=O)(=O)N[C@H](C)c2ccc3c(c2)CCC3)ccc1OC. The van der Waals surface area contributed by atoms with Crippen LogP contribution in [0.4, 0.5) is 0 Å². The number of carbonyl (C=O) groups is 1. The fourth-order valence-electron chi connectivity index (χ4n) is 3.40. The molecule has 0 radical (unpaired) electrons. The average Bonchev–Trinajstić information content (AvgIpc) is 3.14. The standard InChI is InChI=1S/C20H24N2O4S/c1-13(15-8-7-14-5-4-6-16(14)11-15)22-27(24,25)17-9-10-19(26-3)18(12-17)20(23)21-2/h7-13,22H,4-6H2,1-3H3,(H,21,23)/t13-/m1/s1. The molecule has 6 nitrogen and oxygen atoms in total. The first-order valence-corrected chi connectivity index (χ1v) is 10.4. The summed E-state index contributed by atoms with van der Waals surface area (Å²) in [5, 5.41) is 2.49. The molecule has 0 spiro atoms. The van der Waals surface area contributed by atoms with Crippen molar-refractivity contribution in [1.29, 1.82) is 0 Å². The van der Waals surface area contributed by atoms with Gasteiger partial charge in [0.1, 0.15) is 5.75 Å². The van der Waals surface area contributed by atoms with E-state index in [2.05, 4.69) is 22.2 Å². The fraction of sp³-hybridized carbons (Fsp3) is 0.350. The van der Waals surface area contributed by atoms with Crippen molar-refractivity contribution >= 4 is 15.9 Å². The third-order valence-electron chi connectivity index (χ3n) is 4.91. The van der Waals surface area contributed by atoms with Gasteiger partial charge in [-0.1, -0.05) is 18.2 Å². The van der Waals surface area contributed by atoms with E-state index in [4.69, 9.17) is 4.74 Å². The van der Waals surface area contributed by atoms with Gasteiger partial charge in [-0.05, 0) is 61.1 Å². The molecule has 144 valence electrons. The van der Waals surface area contributed by atoms with Gasteiger partial charge < -0.3 is 10.1 Å². The molecule has 0 heterocycles. The van der Waals surface area contributed by atoms with Gasteiger partial charge in [0, 0.05) is 13.1 Å². The first-order chi connectivity index (χ1) is 12.9. The zero-order valence-electron chi connectivity index (χ0n) is 15.7. The van der Waals surface area contributed by atoms with Crippen molar-refractivity contribution in [2.75, 3.05) is 14.2 Å². The zero-order chi connectivity index (χ0) is 19.6. The van der Waals surface area contributed by atoms with E-state index in [1.807, 2.05) is 13.0 Å². The number of ether oxygens (including phenoxy) is 1. The third kappa shape index (κ3) is 3.99. The van der Waals surface area contributed by atoms with E-state index in [1.54, 1.807) is 0 Å². The number of carbonyl (C=O) groups excluding carboxylic acids is 1. The number of fused-ring (bicyclic) bond motifs is 1. The summed E-state index contributed by atoms with van der Waals surface area (Å²) in [4.78, 5) is 12.0. The Kier molecular flexibility index (Phi) is 5.53. The lowest BCUT2D eigenvalue weighted by molar-refractivity contribution is 0.0960. The van der Waals surface area contributed by atoms with Gasteiger partial charge in [0.05, 0.1) is 17.6 Å². The lowest BCUT2D eigenvalue weighted by Crippen LogP contribution is -2.27. The second kappa shape index (κ2) is 7.70. The molecule has 0 aromatic heterocycles. The van der Waals surface area contributed by atoms with Gasteiger partial charge in [0.2, 0.25) is 10.0 Å². The van der Waals surface area contributed by atoms with E-state index in [1.165, 1.54) is 43.5 Å². The molecule has 2 N–H and O–H groups in total. The topological polar surface area (TPSA) is 84.5 Å². The van der Waals surface area contributed by atoms with Crippen molar-refractivity contribution in [2.45, 2.75) is 37.1 Å². The Hall–Kier alpha value is -2.38. The minimum Gasteiger partial charge on any atom is -0.496 e. The number of hydrogen-bond acceptors (Lipinski definition) is 4. The van der Waals surface area contributed by atoms with E-state index in [-0.39, 0.29) is 16.5 Å². The van der Waals surface area contributed by atoms with Gasteiger partial charge in [-0.25, -0.2) is 13.1 Å². The van der Waals surface area contributed by atoms with Gasteiger partial charge >= 0.3 is 0 Å². The van der Waals surface area contributed by atoms with E-state index >= 15 is 0 Å². The highest BCUT2D eigenvalue weighted by atomic mass is 32.2. The number of rotatable bonds is 6. The number of methoxy groups -OCH3 is 1. The minimum atomic E-state index is -3.80. The first-order valence-electron chi connectivity index (χ1n) is 8.90. The van der Waals surface area contributed by atoms with Gasteiger partial charge in [-0.3, -0.25) is 4.79 Å². The molecule has 0 fully saturated rings. The summed E-state index contributed by atoms with van der Waals surface area (Å²) >= 11 is 0. The normalized spacial score (nSPS) is 14.5. The molecule has 0 saturated heterocycles. The summed E-state index contributed by atoms with van der Waals surface area (Å²) in [5.74, 6) is -0.0875. The van der Waals surface area contributed by atoms with Crippen LogP contribution < -0.4 is 14.8 Å². The Morgan fingerprint density at radius 3 is 2.56 bits per heavy atom. The monoisotopic (exact) mass is 388 g/mol. The second-order valence-corrected chi connectivity index (χ2v) is 8.38. The van der Waals surface area contributed by atoms with Crippen molar-refractivity contribution in [2.24, 2.45) is 0 Å². The van der Waals surface area contributed by atoms with Gasteiger partial charge in [0.15, 0.2) is 0 Å². The predicted molar refractivity (Wildman–Crippen MR) is 104 cm³/mol. The third-order valence-corrected chi connectivity index (χ3v) is 6.45. The zero-order valence-corrected chi connectivity index (χ0v) is 16.5. The maximum atomic E-state index is 12.8. The molecule has 2 aromatic rings. The lowest BCUT2D eigenvalue weighted by atomic mass is 10.0. The fourth-order valence-corrected chi connectivity index (χ4v) is 4.65. The number of sulfonamides is 1. The number of nitrogens with one attached hydrogen (secondary N) is 2. The molecule has 27 heavy (non-hydrogen) atoms. The van der Waals surface area contributed by atoms with Crippen molar-refractivity contribution in [3.05, 3.63) is 58.7 Å². The van der Waals surface area contributed by atoms with Crippen LogP contribution in [0, 0.1) is 0 Å². The Morgan fingerprint density at radius 1 is 1.11 bits per heavy atom. The number of hydrogen-bond donors (Lipinski definition) is 2. The van der Waals surface area contributed by atoms with Crippen LogP contribution in [0.2, 0.25) is 0 Å². The van der Waals surface area contributed by atoms with Gasteiger partial charge in [-0.2, -0.15) is 0 Å². The lowest BCUT2D eigenvalue weighted by Gasteiger charge is -2.17. The smallest absolute Gasteiger partial charge is 0.254 e. The highest BCUT2D eigenvalue weighted by Crippen LogP contribution is 2.27. The van der Waals surface area contributed by atoms with Crippen LogP contribution in [0.1, 0.15) is 46.4 Å². The van der Waals surface area contributed by atoms with Crippen LogP contribution in [-0.2, 0) is 22.9 Å². The maximum absolute atomic E-state index is 12.8. The molecular formula is C20H24N2O4S. The van der Waals surface area contributed by atoms with Crippen LogP contribution >= 0.6 is 0 Å². The van der Waals surface area contributed by atoms with Crippen molar-refractivity contribution in [1.82, 2.24) is 10.0 Å². The van der Waals surface area contributed by atoms with Crippen LogP contribution in [-0.4, -0.2) is 28.5 Å². The van der Waals surface area contributed by atoms with E-state index in [9.17, 15) is 13.2 Å². The summed E-state index contributed by atoms with van der Waals surface area (Å²) < 4.78 is 33.5. The Bertz CT molecular complexity index is 970. The van der Waals surface area contributed by atoms with Gasteiger partial charge in [0.25, 0.3) is 5.91 Å². The van der Waals surface area contributed by atoms with Crippen molar-refractivity contribution < 1.29 is 17.9 Å². The molecular weight excluding hydrogens is 364 g/mol. The van der Waals surface area contributed by atoms with Gasteiger partial charge in [-0.15, -0.1) is 0 Å². The molecule has 1 amide bonds. The second-order valence-electron chi connectivity index (χ2n) is 6.67. The molecule has 1 atom stereocenters.